The van der Waals surface area contributed by atoms with E-state index in [4.69, 9.17) is 10.7 Å². The fraction of sp³-hybridized carbons (Fsp3) is 0.571. The molecule has 1 aliphatic rings. The van der Waals surface area contributed by atoms with Gasteiger partial charge >= 0.3 is 0 Å². The van der Waals surface area contributed by atoms with Crippen molar-refractivity contribution in [2.75, 3.05) is 0 Å². The largest absolute Gasteiger partial charge is 0.319 e. The molecule has 2 aromatic rings. The third kappa shape index (κ3) is 2.59. The van der Waals surface area contributed by atoms with Crippen molar-refractivity contribution in [3.8, 4) is 11.4 Å². The summed E-state index contributed by atoms with van der Waals surface area (Å²) in [5.74, 6) is 0.803. The molecule has 0 bridgehead atoms. The van der Waals surface area contributed by atoms with E-state index in [9.17, 15) is 0 Å². The molecule has 0 atom stereocenters. The van der Waals surface area contributed by atoms with Crippen LogP contribution < -0.4 is 5.73 Å². The van der Waals surface area contributed by atoms with Gasteiger partial charge in [0.2, 0.25) is 0 Å². The first-order valence-electron chi connectivity index (χ1n) is 6.74. The van der Waals surface area contributed by atoms with Gasteiger partial charge in [-0.15, -0.1) is 22.7 Å². The van der Waals surface area contributed by atoms with Crippen LogP contribution in [-0.4, -0.2) is 9.97 Å². The van der Waals surface area contributed by atoms with E-state index in [2.05, 4.69) is 22.7 Å². The minimum Gasteiger partial charge on any atom is -0.319 e. The van der Waals surface area contributed by atoms with Crippen molar-refractivity contribution >= 4 is 22.7 Å². The zero-order chi connectivity index (χ0) is 13.5. The maximum atomic E-state index is 6.57. The van der Waals surface area contributed by atoms with Crippen molar-refractivity contribution in [1.82, 2.24) is 9.97 Å². The van der Waals surface area contributed by atoms with Crippen LogP contribution in [0.2, 0.25) is 0 Å². The summed E-state index contributed by atoms with van der Waals surface area (Å²) in [6, 6.07) is 0. The van der Waals surface area contributed by atoms with Gasteiger partial charge in [-0.25, -0.2) is 9.97 Å². The van der Waals surface area contributed by atoms with Crippen molar-refractivity contribution < 1.29 is 0 Å². The third-order valence-corrected chi connectivity index (χ3v) is 5.81. The molecule has 2 heterocycles. The highest BCUT2D eigenvalue weighted by atomic mass is 32.1. The summed E-state index contributed by atoms with van der Waals surface area (Å²) in [4.78, 5) is 9.25. The molecule has 0 saturated heterocycles. The average Bonchev–Trinajstić information content (AvgIpc) is 3.02. The maximum Gasteiger partial charge on any atom is 0.113 e. The van der Waals surface area contributed by atoms with E-state index >= 15 is 0 Å². The van der Waals surface area contributed by atoms with Gasteiger partial charge in [0.05, 0.1) is 10.5 Å². The first-order chi connectivity index (χ1) is 9.07. The highest BCUT2D eigenvalue weighted by molar-refractivity contribution is 7.10. The van der Waals surface area contributed by atoms with Gasteiger partial charge in [0.25, 0.3) is 0 Å². The lowest BCUT2D eigenvalue weighted by Gasteiger charge is -2.34. The first kappa shape index (κ1) is 13.2. The second kappa shape index (κ2) is 4.96. The molecule has 2 N–H and O–H groups in total. The normalized spacial score (nSPS) is 27.6. The predicted octanol–water partition coefficient (Wildman–Crippen LogP) is 3.94. The topological polar surface area (TPSA) is 51.8 Å². The lowest BCUT2D eigenvalue weighted by molar-refractivity contribution is 0.247. The number of aromatic nitrogens is 2. The van der Waals surface area contributed by atoms with Crippen molar-refractivity contribution in [1.29, 1.82) is 0 Å². The summed E-state index contributed by atoms with van der Waals surface area (Å²) < 4.78 is 0. The van der Waals surface area contributed by atoms with Gasteiger partial charge in [0.15, 0.2) is 0 Å². The summed E-state index contributed by atoms with van der Waals surface area (Å²) in [6.07, 6.45) is 4.52. The number of thiazole rings is 2. The van der Waals surface area contributed by atoms with Crippen LogP contribution >= 0.6 is 22.7 Å². The minimum absolute atomic E-state index is 0.208. The lowest BCUT2D eigenvalue weighted by Crippen LogP contribution is -2.40. The van der Waals surface area contributed by atoms with Gasteiger partial charge in [0.1, 0.15) is 16.4 Å². The Bertz CT molecular complexity index is 565. The Balaban J connectivity index is 1.85. The number of nitrogens with two attached hydrogens (primary N) is 1. The molecule has 1 saturated carbocycles. The average molecular weight is 293 g/mol. The molecule has 3 nitrogen and oxygen atoms in total. The number of rotatable bonds is 2. The van der Waals surface area contributed by atoms with E-state index in [1.54, 1.807) is 22.7 Å². The molecule has 102 valence electrons. The Morgan fingerprint density at radius 2 is 1.79 bits per heavy atom. The summed E-state index contributed by atoms with van der Waals surface area (Å²) in [6.45, 7) is 4.33. The molecular weight excluding hydrogens is 274 g/mol. The minimum atomic E-state index is -0.208. The molecule has 5 heteroatoms. The molecule has 0 unspecified atom stereocenters. The van der Waals surface area contributed by atoms with Gasteiger partial charge in [-0.1, -0.05) is 6.92 Å². The van der Waals surface area contributed by atoms with Crippen molar-refractivity contribution in [2.45, 2.75) is 45.1 Å². The van der Waals surface area contributed by atoms with Gasteiger partial charge < -0.3 is 5.73 Å². The highest BCUT2D eigenvalue weighted by Crippen LogP contribution is 2.39. The van der Waals surface area contributed by atoms with Crippen LogP contribution in [0.15, 0.2) is 10.8 Å². The van der Waals surface area contributed by atoms with Gasteiger partial charge in [-0.3, -0.25) is 0 Å². The summed E-state index contributed by atoms with van der Waals surface area (Å²) in [7, 11) is 0. The number of hydrogen-bond donors (Lipinski definition) is 1. The van der Waals surface area contributed by atoms with E-state index in [-0.39, 0.29) is 5.54 Å². The number of aryl methyl sites for hydroxylation is 1. The molecule has 3 rings (SSSR count). The van der Waals surface area contributed by atoms with Crippen molar-refractivity contribution in [2.24, 2.45) is 11.7 Å². The lowest BCUT2D eigenvalue weighted by atomic mass is 9.78. The van der Waals surface area contributed by atoms with Crippen LogP contribution in [-0.2, 0) is 5.54 Å². The van der Waals surface area contributed by atoms with Crippen molar-refractivity contribution in [3.63, 3.8) is 0 Å². The van der Waals surface area contributed by atoms with Crippen LogP contribution in [0.25, 0.3) is 11.4 Å². The van der Waals surface area contributed by atoms with Gasteiger partial charge in [0, 0.05) is 10.8 Å². The fourth-order valence-electron chi connectivity index (χ4n) is 2.59. The molecule has 0 aromatic carbocycles. The Kier molecular flexibility index (Phi) is 3.45. The molecular formula is C14H19N3S2. The quantitative estimate of drug-likeness (QED) is 0.912. The van der Waals surface area contributed by atoms with Crippen LogP contribution in [0.1, 0.15) is 42.6 Å². The number of nitrogens with zero attached hydrogens (tertiary/aromatic N) is 2. The zero-order valence-electron chi connectivity index (χ0n) is 11.3. The van der Waals surface area contributed by atoms with E-state index in [1.807, 2.05) is 6.92 Å². The predicted molar refractivity (Wildman–Crippen MR) is 81.5 cm³/mol. The molecule has 0 spiro atoms. The molecule has 2 aromatic heterocycles. The first-order valence-corrected chi connectivity index (χ1v) is 8.50. The Hall–Kier alpha value is -0.780. The summed E-state index contributed by atoms with van der Waals surface area (Å²) in [5.41, 5.74) is 8.32. The molecule has 0 radical (unpaired) electrons. The highest BCUT2D eigenvalue weighted by Gasteiger charge is 2.34. The number of hydrogen-bond acceptors (Lipinski definition) is 5. The molecule has 1 fully saturated rings. The Morgan fingerprint density at radius 1 is 1.16 bits per heavy atom. The summed E-state index contributed by atoms with van der Waals surface area (Å²) in [5, 5.41) is 6.33. The molecule has 0 aliphatic heterocycles. The van der Waals surface area contributed by atoms with Crippen molar-refractivity contribution in [3.05, 3.63) is 20.8 Å². The van der Waals surface area contributed by atoms with E-state index in [1.165, 1.54) is 12.8 Å². The Labute approximate surface area is 121 Å². The van der Waals surface area contributed by atoms with Crippen LogP contribution in [0.5, 0.6) is 0 Å². The standard InChI is InChI=1S/C14H19N3S2/c1-9-3-5-14(15,6-4-9)13-17-12(8-19-13)11-7-18-10(2)16-11/h7-9H,3-6,15H2,1-2H3. The van der Waals surface area contributed by atoms with E-state index in [0.717, 1.165) is 40.2 Å². The second-order valence-corrected chi connectivity index (χ2v) is 7.55. The molecule has 1 aliphatic carbocycles. The van der Waals surface area contributed by atoms with E-state index < -0.39 is 0 Å². The van der Waals surface area contributed by atoms with Crippen LogP contribution in [0.4, 0.5) is 0 Å². The smallest absolute Gasteiger partial charge is 0.113 e. The third-order valence-electron chi connectivity index (χ3n) is 3.98. The van der Waals surface area contributed by atoms with Crippen LogP contribution in [0.3, 0.4) is 0 Å². The summed E-state index contributed by atoms with van der Waals surface area (Å²) >= 11 is 3.35. The van der Waals surface area contributed by atoms with E-state index in [0.29, 0.717) is 0 Å². The monoisotopic (exact) mass is 293 g/mol. The van der Waals surface area contributed by atoms with Gasteiger partial charge in [-0.2, -0.15) is 0 Å². The zero-order valence-corrected chi connectivity index (χ0v) is 13.0. The van der Waals surface area contributed by atoms with Gasteiger partial charge in [-0.05, 0) is 38.5 Å². The Morgan fingerprint density at radius 3 is 2.42 bits per heavy atom. The second-order valence-electron chi connectivity index (χ2n) is 5.63. The molecule has 0 amide bonds. The SMILES string of the molecule is Cc1nc(-c2csc(C3(N)CCC(C)CC3)n2)cs1. The molecule has 19 heavy (non-hydrogen) atoms. The fourth-order valence-corrected chi connectivity index (χ4v) is 4.19. The van der Waals surface area contributed by atoms with Crippen LogP contribution in [0, 0.1) is 12.8 Å². The maximum absolute atomic E-state index is 6.57.